The summed E-state index contributed by atoms with van der Waals surface area (Å²) in [5, 5.41) is 9.58. The monoisotopic (exact) mass is 287 g/mol. The fraction of sp³-hybridized carbons (Fsp3) is 0.154. The summed E-state index contributed by atoms with van der Waals surface area (Å²) in [4.78, 5) is 19.0. The van der Waals surface area contributed by atoms with E-state index in [-0.39, 0.29) is 11.9 Å². The molecule has 8 nitrogen and oxygen atoms in total. The molecule has 0 saturated heterocycles. The van der Waals surface area contributed by atoms with Crippen molar-refractivity contribution in [1.82, 2.24) is 20.2 Å². The van der Waals surface area contributed by atoms with Crippen molar-refractivity contribution in [1.29, 1.82) is 0 Å². The first-order valence-electron chi connectivity index (χ1n) is 6.13. The van der Waals surface area contributed by atoms with E-state index in [9.17, 15) is 4.79 Å². The molecule has 0 saturated carbocycles. The van der Waals surface area contributed by atoms with E-state index < -0.39 is 0 Å². The topological polar surface area (TPSA) is 105 Å². The lowest BCUT2D eigenvalue weighted by Gasteiger charge is -2.05. The van der Waals surface area contributed by atoms with Gasteiger partial charge >= 0.3 is 0 Å². The van der Waals surface area contributed by atoms with Gasteiger partial charge in [0.15, 0.2) is 0 Å². The number of fused-ring (bicyclic) bond motifs is 1. The lowest BCUT2D eigenvalue weighted by Crippen LogP contribution is -2.13. The van der Waals surface area contributed by atoms with Gasteiger partial charge in [-0.15, -0.1) is 0 Å². The molecule has 1 aromatic carbocycles. The maximum Gasteiger partial charge on any atom is 0.274 e. The maximum absolute atomic E-state index is 12.2. The van der Waals surface area contributed by atoms with Crippen molar-refractivity contribution in [3.05, 3.63) is 30.2 Å². The van der Waals surface area contributed by atoms with E-state index in [0.717, 1.165) is 5.39 Å². The fourth-order valence-corrected chi connectivity index (χ4v) is 2.08. The second-order valence-corrected chi connectivity index (χ2v) is 4.23. The van der Waals surface area contributed by atoms with Gasteiger partial charge in [-0.3, -0.25) is 10.1 Å². The van der Waals surface area contributed by atoms with E-state index in [1.807, 2.05) is 0 Å². The van der Waals surface area contributed by atoms with Crippen LogP contribution in [0, 0.1) is 0 Å². The van der Waals surface area contributed by atoms with Crippen LogP contribution in [0.1, 0.15) is 10.5 Å². The number of amides is 1. The zero-order valence-corrected chi connectivity index (χ0v) is 11.4. The van der Waals surface area contributed by atoms with Crippen molar-refractivity contribution in [2.45, 2.75) is 0 Å². The lowest BCUT2D eigenvalue weighted by molar-refractivity contribution is 0.102. The number of rotatable bonds is 4. The normalized spacial score (nSPS) is 10.6. The number of carbonyl (C=O) groups is 1. The zero-order valence-electron chi connectivity index (χ0n) is 11.4. The predicted octanol–water partition coefficient (Wildman–Crippen LogP) is 1.56. The molecule has 0 aliphatic carbocycles. The molecule has 0 fully saturated rings. The molecule has 0 bridgehead atoms. The number of ether oxygens (including phenoxy) is 2. The molecule has 2 aromatic heterocycles. The van der Waals surface area contributed by atoms with Crippen LogP contribution in [0.15, 0.2) is 24.5 Å². The lowest BCUT2D eigenvalue weighted by atomic mass is 10.2. The number of nitrogens with zero attached hydrogens (tertiary/aromatic N) is 2. The molecule has 0 unspecified atom stereocenters. The van der Waals surface area contributed by atoms with Gasteiger partial charge in [0, 0.05) is 5.39 Å². The number of aromatic amines is 2. The van der Waals surface area contributed by atoms with Gasteiger partial charge in [0.1, 0.15) is 23.5 Å². The van der Waals surface area contributed by atoms with Crippen LogP contribution in [0.25, 0.3) is 10.9 Å². The molecule has 108 valence electrons. The first-order valence-corrected chi connectivity index (χ1v) is 6.13. The van der Waals surface area contributed by atoms with Crippen LogP contribution in [0.4, 0.5) is 5.95 Å². The minimum absolute atomic E-state index is 0.276. The molecule has 0 radical (unpaired) electrons. The molecule has 0 spiro atoms. The first-order chi connectivity index (χ1) is 10.2. The van der Waals surface area contributed by atoms with Crippen LogP contribution in [0.5, 0.6) is 11.5 Å². The Morgan fingerprint density at radius 3 is 2.67 bits per heavy atom. The minimum Gasteiger partial charge on any atom is -0.496 e. The Hall–Kier alpha value is -3.03. The van der Waals surface area contributed by atoms with Gasteiger partial charge in [-0.1, -0.05) is 0 Å². The summed E-state index contributed by atoms with van der Waals surface area (Å²) in [5.74, 6) is 1.22. The Balaban J connectivity index is 2.01. The third-order valence-corrected chi connectivity index (χ3v) is 3.05. The molecule has 0 atom stereocenters. The Kier molecular flexibility index (Phi) is 3.19. The molecule has 3 N–H and O–H groups in total. The Morgan fingerprint density at radius 1 is 1.24 bits per heavy atom. The quantitative estimate of drug-likeness (QED) is 0.675. The van der Waals surface area contributed by atoms with Gasteiger partial charge in [-0.2, -0.15) is 10.1 Å². The Labute approximate surface area is 119 Å². The van der Waals surface area contributed by atoms with Crippen LogP contribution < -0.4 is 14.8 Å². The van der Waals surface area contributed by atoms with Gasteiger partial charge < -0.3 is 14.5 Å². The number of hydrogen-bond donors (Lipinski definition) is 3. The van der Waals surface area contributed by atoms with E-state index in [1.165, 1.54) is 6.33 Å². The third kappa shape index (κ3) is 2.27. The summed E-state index contributed by atoms with van der Waals surface area (Å²) in [6.07, 6.45) is 1.31. The number of nitrogens with one attached hydrogen (secondary N) is 3. The maximum atomic E-state index is 12.2. The average Bonchev–Trinajstić information content (AvgIpc) is 3.15. The van der Waals surface area contributed by atoms with E-state index in [0.29, 0.717) is 22.7 Å². The molecule has 3 rings (SSSR count). The second-order valence-electron chi connectivity index (χ2n) is 4.23. The molecule has 3 aromatic rings. The average molecular weight is 287 g/mol. The van der Waals surface area contributed by atoms with Gasteiger partial charge in [0.05, 0.1) is 19.7 Å². The molecule has 1 amide bonds. The highest BCUT2D eigenvalue weighted by molar-refractivity contribution is 6.06. The van der Waals surface area contributed by atoms with E-state index >= 15 is 0 Å². The van der Waals surface area contributed by atoms with Crippen LogP contribution >= 0.6 is 0 Å². The SMILES string of the molecule is COc1ccc(OC)c2[nH]c(C(=O)Nc3ncn[nH]3)cc12. The van der Waals surface area contributed by atoms with Crippen LogP contribution in [0.3, 0.4) is 0 Å². The van der Waals surface area contributed by atoms with Crippen LogP contribution in [-0.2, 0) is 0 Å². The van der Waals surface area contributed by atoms with Crippen LogP contribution in [-0.4, -0.2) is 40.3 Å². The zero-order chi connectivity index (χ0) is 14.8. The number of aromatic nitrogens is 4. The summed E-state index contributed by atoms with van der Waals surface area (Å²) in [7, 11) is 3.14. The number of methoxy groups -OCH3 is 2. The highest BCUT2D eigenvalue weighted by atomic mass is 16.5. The van der Waals surface area contributed by atoms with Gasteiger partial charge in [-0.05, 0) is 18.2 Å². The predicted molar refractivity (Wildman–Crippen MR) is 75.7 cm³/mol. The Bertz CT molecular complexity index is 738. The Morgan fingerprint density at radius 2 is 2.00 bits per heavy atom. The highest BCUT2D eigenvalue weighted by Gasteiger charge is 2.16. The van der Waals surface area contributed by atoms with Crippen molar-refractivity contribution >= 4 is 22.8 Å². The molecule has 8 heteroatoms. The van der Waals surface area contributed by atoms with Crippen molar-refractivity contribution in [2.24, 2.45) is 0 Å². The van der Waals surface area contributed by atoms with Crippen LogP contribution in [0.2, 0.25) is 0 Å². The van der Waals surface area contributed by atoms with Crippen molar-refractivity contribution in [3.8, 4) is 11.5 Å². The molecule has 21 heavy (non-hydrogen) atoms. The summed E-state index contributed by atoms with van der Waals surface area (Å²) in [6.45, 7) is 0. The largest absolute Gasteiger partial charge is 0.496 e. The van der Waals surface area contributed by atoms with E-state index in [2.05, 4.69) is 25.5 Å². The van der Waals surface area contributed by atoms with Crippen molar-refractivity contribution in [3.63, 3.8) is 0 Å². The van der Waals surface area contributed by atoms with Gasteiger partial charge in [0.2, 0.25) is 5.95 Å². The number of H-pyrrole nitrogens is 2. The third-order valence-electron chi connectivity index (χ3n) is 3.05. The van der Waals surface area contributed by atoms with E-state index in [4.69, 9.17) is 9.47 Å². The fourth-order valence-electron chi connectivity index (χ4n) is 2.08. The smallest absolute Gasteiger partial charge is 0.274 e. The van der Waals surface area contributed by atoms with Crippen molar-refractivity contribution < 1.29 is 14.3 Å². The number of benzene rings is 1. The number of carbonyl (C=O) groups excluding carboxylic acids is 1. The summed E-state index contributed by atoms with van der Waals surface area (Å²) in [6, 6.07) is 5.26. The molecule has 0 aliphatic rings. The second kappa shape index (κ2) is 5.16. The molecule has 0 aliphatic heterocycles. The molecular weight excluding hydrogens is 274 g/mol. The molecular formula is C13H13N5O3. The summed E-state index contributed by atoms with van der Waals surface area (Å²) >= 11 is 0. The molecule has 2 heterocycles. The van der Waals surface area contributed by atoms with Gasteiger partial charge in [0.25, 0.3) is 5.91 Å². The number of hydrogen-bond acceptors (Lipinski definition) is 5. The minimum atomic E-state index is -0.341. The highest BCUT2D eigenvalue weighted by Crippen LogP contribution is 2.33. The number of anilines is 1. The van der Waals surface area contributed by atoms with Crippen molar-refractivity contribution in [2.75, 3.05) is 19.5 Å². The standard InChI is InChI=1S/C13H13N5O3/c1-20-9-3-4-10(21-2)11-7(9)5-8(16-11)12(19)17-13-14-6-15-18-13/h3-6,16H,1-2H3,(H2,14,15,17,18,19). The van der Waals surface area contributed by atoms with E-state index in [1.54, 1.807) is 32.4 Å². The summed E-state index contributed by atoms with van der Waals surface area (Å²) in [5.41, 5.74) is 1.06. The first kappa shape index (κ1) is 13.0. The summed E-state index contributed by atoms with van der Waals surface area (Å²) < 4.78 is 10.6. The van der Waals surface area contributed by atoms with Gasteiger partial charge in [-0.25, -0.2) is 5.10 Å².